The van der Waals surface area contributed by atoms with Crippen LogP contribution in [0.1, 0.15) is 5.56 Å². The smallest absolute Gasteiger partial charge is 0.332 e. The van der Waals surface area contributed by atoms with E-state index in [2.05, 4.69) is 9.97 Å². The molecule has 0 aliphatic carbocycles. The first-order valence-electron chi connectivity index (χ1n) is 5.85. The molecule has 0 saturated carbocycles. The average Bonchev–Trinajstić information content (AvgIpc) is 2.92. The van der Waals surface area contributed by atoms with Gasteiger partial charge in [0.05, 0.1) is 12.9 Å². The van der Waals surface area contributed by atoms with E-state index in [0.29, 0.717) is 11.2 Å². The van der Waals surface area contributed by atoms with E-state index in [4.69, 9.17) is 0 Å². The molecule has 7 heteroatoms. The lowest BCUT2D eigenvalue weighted by atomic mass is 10.2. The molecule has 0 aliphatic rings. The zero-order chi connectivity index (χ0) is 13.4. The molecular formula is C13H13ClN4O2. The lowest BCUT2D eigenvalue weighted by Gasteiger charge is -2.07. The SMILES string of the molecule is Cl.Cn1c(=O)n(Cc2ccccc2)c(=O)c2[nH]cnc21. The van der Waals surface area contributed by atoms with Gasteiger partial charge < -0.3 is 4.98 Å². The summed E-state index contributed by atoms with van der Waals surface area (Å²) in [6.07, 6.45) is 1.42. The molecular weight excluding hydrogens is 280 g/mol. The molecule has 104 valence electrons. The van der Waals surface area contributed by atoms with E-state index in [1.807, 2.05) is 30.3 Å². The average molecular weight is 293 g/mol. The first kappa shape index (κ1) is 14.1. The van der Waals surface area contributed by atoms with E-state index in [1.165, 1.54) is 15.5 Å². The molecule has 3 aromatic rings. The number of rotatable bonds is 2. The molecule has 6 nitrogen and oxygen atoms in total. The second-order valence-electron chi connectivity index (χ2n) is 4.32. The Morgan fingerprint density at radius 3 is 2.60 bits per heavy atom. The van der Waals surface area contributed by atoms with Crippen molar-refractivity contribution in [3.05, 3.63) is 63.1 Å². The molecule has 0 aliphatic heterocycles. The van der Waals surface area contributed by atoms with Crippen LogP contribution in [0.5, 0.6) is 0 Å². The minimum atomic E-state index is -0.367. The minimum absolute atomic E-state index is 0. The highest BCUT2D eigenvalue weighted by Crippen LogP contribution is 2.02. The Hall–Kier alpha value is -2.34. The number of nitrogens with one attached hydrogen (secondary N) is 1. The van der Waals surface area contributed by atoms with Gasteiger partial charge in [-0.3, -0.25) is 13.9 Å². The highest BCUT2D eigenvalue weighted by atomic mass is 35.5. The Kier molecular flexibility index (Phi) is 3.76. The summed E-state index contributed by atoms with van der Waals surface area (Å²) in [5.41, 5.74) is 0.908. The van der Waals surface area contributed by atoms with Gasteiger partial charge in [-0.05, 0) is 5.56 Å². The summed E-state index contributed by atoms with van der Waals surface area (Å²) < 4.78 is 2.58. The quantitative estimate of drug-likeness (QED) is 0.762. The first-order chi connectivity index (χ1) is 9.18. The number of aromatic amines is 1. The number of aryl methyl sites for hydroxylation is 1. The third kappa shape index (κ3) is 2.14. The summed E-state index contributed by atoms with van der Waals surface area (Å²) in [7, 11) is 1.60. The van der Waals surface area contributed by atoms with E-state index >= 15 is 0 Å². The van der Waals surface area contributed by atoms with Gasteiger partial charge in [-0.1, -0.05) is 30.3 Å². The molecule has 0 fully saturated rings. The molecule has 0 amide bonds. The monoisotopic (exact) mass is 292 g/mol. The summed E-state index contributed by atoms with van der Waals surface area (Å²) in [5.74, 6) is 0. The fraction of sp³-hybridized carbons (Fsp3) is 0.154. The maximum Gasteiger partial charge on any atom is 0.332 e. The molecule has 0 saturated heterocycles. The van der Waals surface area contributed by atoms with Gasteiger partial charge in [-0.2, -0.15) is 0 Å². The standard InChI is InChI=1S/C13H12N4O2.ClH/c1-16-11-10(14-8-15-11)12(18)17(13(16)19)7-9-5-3-2-4-6-9;/h2-6,8H,7H2,1H3,(H,14,15);1H. The van der Waals surface area contributed by atoms with Crippen LogP contribution in [0.3, 0.4) is 0 Å². The number of H-pyrrole nitrogens is 1. The number of fused-ring (bicyclic) bond motifs is 1. The molecule has 0 spiro atoms. The normalized spacial score (nSPS) is 10.4. The number of hydrogen-bond acceptors (Lipinski definition) is 3. The first-order valence-corrected chi connectivity index (χ1v) is 5.85. The van der Waals surface area contributed by atoms with Crippen molar-refractivity contribution < 1.29 is 0 Å². The molecule has 2 aromatic heterocycles. The highest BCUT2D eigenvalue weighted by Gasteiger charge is 2.12. The van der Waals surface area contributed by atoms with E-state index < -0.39 is 0 Å². The molecule has 0 unspecified atom stereocenters. The fourth-order valence-corrected chi connectivity index (χ4v) is 2.10. The van der Waals surface area contributed by atoms with E-state index in [1.54, 1.807) is 7.05 Å². The van der Waals surface area contributed by atoms with Gasteiger partial charge in [0.25, 0.3) is 5.56 Å². The van der Waals surface area contributed by atoms with Crippen molar-refractivity contribution in [1.82, 2.24) is 19.1 Å². The summed E-state index contributed by atoms with van der Waals surface area (Å²) in [6.45, 7) is 0.251. The Labute approximate surface area is 120 Å². The molecule has 2 heterocycles. The molecule has 0 radical (unpaired) electrons. The lowest BCUT2D eigenvalue weighted by molar-refractivity contribution is 0.657. The van der Waals surface area contributed by atoms with E-state index in [9.17, 15) is 9.59 Å². The summed E-state index contributed by atoms with van der Waals surface area (Å²) in [6, 6.07) is 9.40. The van der Waals surface area contributed by atoms with Crippen LogP contribution >= 0.6 is 12.4 Å². The van der Waals surface area contributed by atoms with Gasteiger partial charge in [0.1, 0.15) is 5.52 Å². The number of hydrogen-bond donors (Lipinski definition) is 1. The molecule has 1 aromatic carbocycles. The number of nitrogens with zero attached hydrogens (tertiary/aromatic N) is 3. The predicted octanol–water partition coefficient (Wildman–Crippen LogP) is 0.893. The van der Waals surface area contributed by atoms with Crippen LogP contribution in [-0.2, 0) is 13.6 Å². The van der Waals surface area contributed by atoms with Gasteiger partial charge in [0.2, 0.25) is 0 Å². The molecule has 0 atom stereocenters. The largest absolute Gasteiger partial charge is 0.339 e. The third-order valence-electron chi connectivity index (χ3n) is 3.10. The Balaban J connectivity index is 0.00000147. The zero-order valence-electron chi connectivity index (χ0n) is 10.7. The Morgan fingerprint density at radius 2 is 1.90 bits per heavy atom. The van der Waals surface area contributed by atoms with Gasteiger partial charge in [-0.25, -0.2) is 9.78 Å². The van der Waals surface area contributed by atoms with Gasteiger partial charge in [0.15, 0.2) is 5.65 Å². The zero-order valence-corrected chi connectivity index (χ0v) is 11.6. The van der Waals surface area contributed by atoms with Crippen LogP contribution in [0.15, 0.2) is 46.2 Å². The minimum Gasteiger partial charge on any atom is -0.339 e. The number of aromatic nitrogens is 4. The summed E-state index contributed by atoms with van der Waals surface area (Å²) >= 11 is 0. The third-order valence-corrected chi connectivity index (χ3v) is 3.10. The lowest BCUT2D eigenvalue weighted by Crippen LogP contribution is -2.39. The number of benzene rings is 1. The van der Waals surface area contributed by atoms with Crippen molar-refractivity contribution in [3.8, 4) is 0 Å². The number of imidazole rings is 1. The van der Waals surface area contributed by atoms with Gasteiger partial charge >= 0.3 is 5.69 Å². The second kappa shape index (κ2) is 5.34. The van der Waals surface area contributed by atoms with Crippen molar-refractivity contribution in [2.45, 2.75) is 6.54 Å². The topological polar surface area (TPSA) is 72.7 Å². The fourth-order valence-electron chi connectivity index (χ4n) is 2.10. The van der Waals surface area contributed by atoms with Crippen molar-refractivity contribution in [3.63, 3.8) is 0 Å². The molecule has 20 heavy (non-hydrogen) atoms. The van der Waals surface area contributed by atoms with E-state index in [-0.39, 0.29) is 30.2 Å². The Morgan fingerprint density at radius 1 is 1.20 bits per heavy atom. The Bertz CT molecular complexity index is 848. The van der Waals surface area contributed by atoms with Crippen molar-refractivity contribution >= 4 is 23.6 Å². The van der Waals surface area contributed by atoms with Crippen LogP contribution in [-0.4, -0.2) is 19.1 Å². The van der Waals surface area contributed by atoms with Crippen molar-refractivity contribution in [2.24, 2.45) is 7.05 Å². The van der Waals surface area contributed by atoms with Crippen molar-refractivity contribution in [2.75, 3.05) is 0 Å². The van der Waals surface area contributed by atoms with Crippen LogP contribution in [0.4, 0.5) is 0 Å². The van der Waals surface area contributed by atoms with Gasteiger partial charge in [0, 0.05) is 7.05 Å². The summed E-state index contributed by atoms with van der Waals surface area (Å²) in [4.78, 5) is 31.2. The number of halogens is 1. The van der Waals surface area contributed by atoms with Crippen molar-refractivity contribution in [1.29, 1.82) is 0 Å². The van der Waals surface area contributed by atoms with Crippen LogP contribution in [0, 0.1) is 0 Å². The molecule has 0 bridgehead atoms. The van der Waals surface area contributed by atoms with Crippen LogP contribution in [0.25, 0.3) is 11.2 Å². The summed E-state index contributed by atoms with van der Waals surface area (Å²) in [5, 5.41) is 0. The molecule has 1 N–H and O–H groups in total. The van der Waals surface area contributed by atoms with Gasteiger partial charge in [-0.15, -0.1) is 12.4 Å². The van der Waals surface area contributed by atoms with E-state index in [0.717, 1.165) is 5.56 Å². The van der Waals surface area contributed by atoms with Crippen LogP contribution < -0.4 is 11.2 Å². The predicted molar refractivity (Wildman–Crippen MR) is 78.4 cm³/mol. The molecule has 3 rings (SSSR count). The second-order valence-corrected chi connectivity index (χ2v) is 4.32. The van der Waals surface area contributed by atoms with Crippen LogP contribution in [0.2, 0.25) is 0 Å². The maximum absolute atomic E-state index is 12.2. The highest BCUT2D eigenvalue weighted by molar-refractivity contribution is 5.85. The maximum atomic E-state index is 12.2.